The largest absolute Gasteiger partial charge is 0.361 e. The van der Waals surface area contributed by atoms with Gasteiger partial charge in [0.05, 0.1) is 10.6 Å². The van der Waals surface area contributed by atoms with E-state index >= 15 is 0 Å². The van der Waals surface area contributed by atoms with Crippen molar-refractivity contribution in [3.63, 3.8) is 0 Å². The molecule has 1 aliphatic carbocycles. The summed E-state index contributed by atoms with van der Waals surface area (Å²) in [6.45, 7) is 3.22. The SMILES string of the molecule is CCCN[C@@H]1CCc2cc(NS(=O)(=O)c3ccc(-c4ccc[nH]4)s3)ccc2C1. The van der Waals surface area contributed by atoms with Crippen LogP contribution in [0, 0.1) is 0 Å². The van der Waals surface area contributed by atoms with Crippen molar-refractivity contribution in [3.05, 3.63) is 59.8 Å². The van der Waals surface area contributed by atoms with E-state index in [0.29, 0.717) is 15.9 Å². The minimum absolute atomic E-state index is 0.318. The first-order chi connectivity index (χ1) is 13.5. The minimum atomic E-state index is -3.59. The molecule has 4 rings (SSSR count). The number of aromatic amines is 1. The maximum absolute atomic E-state index is 12.8. The number of sulfonamides is 1. The van der Waals surface area contributed by atoms with E-state index in [1.165, 1.54) is 22.5 Å². The number of aryl methyl sites for hydroxylation is 1. The number of hydrogen-bond donors (Lipinski definition) is 3. The van der Waals surface area contributed by atoms with Gasteiger partial charge in [-0.25, -0.2) is 8.42 Å². The Morgan fingerprint density at radius 2 is 2.07 bits per heavy atom. The van der Waals surface area contributed by atoms with Crippen LogP contribution in [0.3, 0.4) is 0 Å². The second-order valence-electron chi connectivity index (χ2n) is 7.19. The predicted molar refractivity (Wildman–Crippen MR) is 115 cm³/mol. The molecular formula is C21H25N3O2S2. The highest BCUT2D eigenvalue weighted by atomic mass is 32.2. The lowest BCUT2D eigenvalue weighted by Gasteiger charge is -2.26. The zero-order valence-electron chi connectivity index (χ0n) is 15.9. The highest BCUT2D eigenvalue weighted by molar-refractivity contribution is 7.94. The fraction of sp³-hybridized carbons (Fsp3) is 0.333. The molecule has 148 valence electrons. The molecule has 0 saturated heterocycles. The van der Waals surface area contributed by atoms with Gasteiger partial charge in [0, 0.05) is 17.9 Å². The first kappa shape index (κ1) is 19.2. The van der Waals surface area contributed by atoms with Gasteiger partial charge >= 0.3 is 0 Å². The molecule has 0 radical (unpaired) electrons. The van der Waals surface area contributed by atoms with Gasteiger partial charge in [-0.1, -0.05) is 13.0 Å². The summed E-state index contributed by atoms with van der Waals surface area (Å²) in [6, 6.07) is 13.8. The second kappa shape index (κ2) is 8.11. The van der Waals surface area contributed by atoms with Crippen molar-refractivity contribution >= 4 is 27.0 Å². The fourth-order valence-electron chi connectivity index (χ4n) is 3.64. The number of thiophene rings is 1. The normalized spacial score (nSPS) is 16.7. The maximum atomic E-state index is 12.8. The average Bonchev–Trinajstić information content (AvgIpc) is 3.37. The number of rotatable bonds is 7. The van der Waals surface area contributed by atoms with E-state index in [1.807, 2.05) is 36.5 Å². The Morgan fingerprint density at radius 1 is 1.18 bits per heavy atom. The number of hydrogen-bond acceptors (Lipinski definition) is 4. The highest BCUT2D eigenvalue weighted by Gasteiger charge is 2.21. The van der Waals surface area contributed by atoms with Crippen LogP contribution in [0.2, 0.25) is 0 Å². The van der Waals surface area contributed by atoms with E-state index in [4.69, 9.17) is 0 Å². The van der Waals surface area contributed by atoms with Crippen molar-refractivity contribution in [1.82, 2.24) is 10.3 Å². The van der Waals surface area contributed by atoms with Crippen LogP contribution in [0.4, 0.5) is 5.69 Å². The Morgan fingerprint density at radius 3 is 2.86 bits per heavy atom. The summed E-state index contributed by atoms with van der Waals surface area (Å²) < 4.78 is 28.7. The van der Waals surface area contributed by atoms with Crippen molar-refractivity contribution in [2.75, 3.05) is 11.3 Å². The van der Waals surface area contributed by atoms with Gasteiger partial charge in [0.25, 0.3) is 10.0 Å². The Hall–Kier alpha value is -2.09. The van der Waals surface area contributed by atoms with Gasteiger partial charge in [0.2, 0.25) is 0 Å². The molecule has 3 aromatic rings. The molecule has 0 aliphatic heterocycles. The summed E-state index contributed by atoms with van der Waals surface area (Å²) in [5, 5.41) is 3.59. The second-order valence-corrected chi connectivity index (χ2v) is 10.2. The first-order valence-corrected chi connectivity index (χ1v) is 12.0. The van der Waals surface area contributed by atoms with Crippen molar-refractivity contribution in [3.8, 4) is 10.6 Å². The molecule has 1 aromatic carbocycles. The Labute approximate surface area is 170 Å². The first-order valence-electron chi connectivity index (χ1n) is 9.67. The van der Waals surface area contributed by atoms with E-state index in [9.17, 15) is 8.42 Å². The van der Waals surface area contributed by atoms with E-state index in [0.717, 1.165) is 42.8 Å². The lowest BCUT2D eigenvalue weighted by molar-refractivity contribution is 0.459. The lowest BCUT2D eigenvalue weighted by atomic mass is 9.88. The summed E-state index contributed by atoms with van der Waals surface area (Å²) in [6.07, 6.45) is 6.04. The fourth-order valence-corrected chi connectivity index (χ4v) is 5.98. The van der Waals surface area contributed by atoms with Crippen molar-refractivity contribution in [2.24, 2.45) is 0 Å². The highest BCUT2D eigenvalue weighted by Crippen LogP contribution is 2.31. The number of nitrogens with one attached hydrogen (secondary N) is 3. The number of anilines is 1. The number of fused-ring (bicyclic) bond motifs is 1. The summed E-state index contributed by atoms with van der Waals surface area (Å²) >= 11 is 1.26. The van der Waals surface area contributed by atoms with Crippen LogP contribution in [-0.2, 0) is 22.9 Å². The Balaban J connectivity index is 1.48. The smallest absolute Gasteiger partial charge is 0.271 e. The molecule has 1 atom stereocenters. The molecule has 0 unspecified atom stereocenters. The van der Waals surface area contributed by atoms with E-state index < -0.39 is 10.0 Å². The van der Waals surface area contributed by atoms with Gasteiger partial charge in [-0.3, -0.25) is 4.72 Å². The van der Waals surface area contributed by atoms with Crippen LogP contribution in [0.15, 0.2) is 52.9 Å². The van der Waals surface area contributed by atoms with Crippen LogP contribution in [0.25, 0.3) is 10.6 Å². The van der Waals surface area contributed by atoms with E-state index in [-0.39, 0.29) is 0 Å². The van der Waals surface area contributed by atoms with Crippen molar-refractivity contribution < 1.29 is 8.42 Å². The van der Waals surface area contributed by atoms with Crippen molar-refractivity contribution in [1.29, 1.82) is 0 Å². The molecule has 1 aliphatic rings. The lowest BCUT2D eigenvalue weighted by Crippen LogP contribution is -2.35. The Bertz CT molecular complexity index is 1040. The van der Waals surface area contributed by atoms with Crippen LogP contribution in [0.5, 0.6) is 0 Å². The zero-order valence-corrected chi connectivity index (χ0v) is 17.5. The maximum Gasteiger partial charge on any atom is 0.271 e. The summed E-state index contributed by atoms with van der Waals surface area (Å²) in [7, 11) is -3.59. The third-order valence-corrected chi connectivity index (χ3v) is 8.07. The van der Waals surface area contributed by atoms with Gasteiger partial charge in [0.1, 0.15) is 4.21 Å². The van der Waals surface area contributed by atoms with Gasteiger partial charge in [-0.15, -0.1) is 11.3 Å². The molecule has 2 heterocycles. The quantitative estimate of drug-likeness (QED) is 0.535. The van der Waals surface area contributed by atoms with Crippen LogP contribution in [-0.4, -0.2) is 26.0 Å². The molecule has 28 heavy (non-hydrogen) atoms. The topological polar surface area (TPSA) is 74.0 Å². The van der Waals surface area contributed by atoms with E-state index in [2.05, 4.69) is 28.0 Å². The standard InChI is InChI=1S/C21H25N3O2S2/c1-2-11-22-17-7-5-16-14-18(8-6-15(16)13-17)24-28(25,26)21-10-9-20(27-21)19-4-3-12-23-19/h3-4,6,8-10,12,14,17,22-24H,2,5,7,11,13H2,1H3/t17-/m1/s1. The number of benzene rings is 1. The molecule has 0 bridgehead atoms. The van der Waals surface area contributed by atoms with Crippen LogP contribution < -0.4 is 10.0 Å². The number of aromatic nitrogens is 1. The van der Waals surface area contributed by atoms with E-state index in [1.54, 1.807) is 6.07 Å². The monoisotopic (exact) mass is 415 g/mol. The predicted octanol–water partition coefficient (Wildman–Crippen LogP) is 4.40. The zero-order chi connectivity index (χ0) is 19.6. The summed E-state index contributed by atoms with van der Waals surface area (Å²) in [5.41, 5.74) is 4.11. The minimum Gasteiger partial charge on any atom is -0.361 e. The summed E-state index contributed by atoms with van der Waals surface area (Å²) in [5.74, 6) is 0. The molecule has 0 saturated carbocycles. The molecule has 5 nitrogen and oxygen atoms in total. The molecule has 0 fully saturated rings. The van der Waals surface area contributed by atoms with Gasteiger partial charge in [-0.05, 0) is 79.8 Å². The molecule has 0 spiro atoms. The average molecular weight is 416 g/mol. The summed E-state index contributed by atoms with van der Waals surface area (Å²) in [4.78, 5) is 4.01. The molecular weight excluding hydrogens is 390 g/mol. The number of H-pyrrole nitrogens is 1. The molecule has 0 amide bonds. The van der Waals surface area contributed by atoms with Crippen LogP contribution in [0.1, 0.15) is 30.9 Å². The third-order valence-electron chi connectivity index (χ3n) is 5.08. The van der Waals surface area contributed by atoms with Gasteiger partial charge < -0.3 is 10.3 Å². The third kappa shape index (κ3) is 4.16. The van der Waals surface area contributed by atoms with Crippen molar-refractivity contribution in [2.45, 2.75) is 42.9 Å². The molecule has 7 heteroatoms. The van der Waals surface area contributed by atoms with Crippen LogP contribution >= 0.6 is 11.3 Å². The molecule has 2 aromatic heterocycles. The Kier molecular flexibility index (Phi) is 5.57. The van der Waals surface area contributed by atoms with Gasteiger partial charge in [0.15, 0.2) is 0 Å². The molecule has 3 N–H and O–H groups in total. The van der Waals surface area contributed by atoms with Gasteiger partial charge in [-0.2, -0.15) is 0 Å².